The predicted octanol–water partition coefficient (Wildman–Crippen LogP) is 3.46. The standard InChI is InChI=1S/C17H28N2/c1-4-12-18-17(15-8-6-5-7-9-15)14(2)13-19(3)16-10-11-16/h5-9,14,16-18H,4,10-13H2,1-3H3. The molecule has 19 heavy (non-hydrogen) atoms. The predicted molar refractivity (Wildman–Crippen MR) is 82.3 cm³/mol. The highest BCUT2D eigenvalue weighted by atomic mass is 15.2. The van der Waals surface area contributed by atoms with Gasteiger partial charge in [-0.2, -0.15) is 0 Å². The summed E-state index contributed by atoms with van der Waals surface area (Å²) < 4.78 is 0. The van der Waals surface area contributed by atoms with Crippen molar-refractivity contribution in [3.63, 3.8) is 0 Å². The number of nitrogens with zero attached hydrogens (tertiary/aromatic N) is 1. The van der Waals surface area contributed by atoms with Gasteiger partial charge in [-0.15, -0.1) is 0 Å². The van der Waals surface area contributed by atoms with Gasteiger partial charge in [0, 0.05) is 18.6 Å². The first-order valence-electron chi connectivity index (χ1n) is 7.71. The molecule has 0 radical (unpaired) electrons. The maximum absolute atomic E-state index is 3.72. The van der Waals surface area contributed by atoms with Gasteiger partial charge in [0.05, 0.1) is 0 Å². The lowest BCUT2D eigenvalue weighted by atomic mass is 9.94. The molecule has 1 aliphatic rings. The van der Waals surface area contributed by atoms with Crippen molar-refractivity contribution in [1.82, 2.24) is 10.2 Å². The lowest BCUT2D eigenvalue weighted by Gasteiger charge is -2.29. The maximum Gasteiger partial charge on any atom is 0.0358 e. The normalized spacial score (nSPS) is 18.5. The lowest BCUT2D eigenvalue weighted by molar-refractivity contribution is 0.239. The molecule has 106 valence electrons. The minimum absolute atomic E-state index is 0.474. The van der Waals surface area contributed by atoms with Crippen LogP contribution in [-0.2, 0) is 0 Å². The summed E-state index contributed by atoms with van der Waals surface area (Å²) in [6.45, 7) is 6.88. The monoisotopic (exact) mass is 260 g/mol. The van der Waals surface area contributed by atoms with E-state index in [-0.39, 0.29) is 0 Å². The van der Waals surface area contributed by atoms with Crippen LogP contribution in [0.1, 0.15) is 44.7 Å². The third kappa shape index (κ3) is 4.32. The summed E-state index contributed by atoms with van der Waals surface area (Å²) in [6, 6.07) is 12.2. The number of nitrogens with one attached hydrogen (secondary N) is 1. The number of benzene rings is 1. The Bertz CT molecular complexity index is 359. The Morgan fingerprint density at radius 1 is 1.26 bits per heavy atom. The van der Waals surface area contributed by atoms with Crippen molar-refractivity contribution in [2.24, 2.45) is 5.92 Å². The average Bonchev–Trinajstić information content (AvgIpc) is 3.24. The molecule has 1 saturated carbocycles. The van der Waals surface area contributed by atoms with Gasteiger partial charge in [-0.25, -0.2) is 0 Å². The highest BCUT2D eigenvalue weighted by Crippen LogP contribution is 2.29. The van der Waals surface area contributed by atoms with Crippen LogP contribution in [-0.4, -0.2) is 31.1 Å². The van der Waals surface area contributed by atoms with Gasteiger partial charge >= 0.3 is 0 Å². The van der Waals surface area contributed by atoms with E-state index < -0.39 is 0 Å². The Morgan fingerprint density at radius 3 is 2.53 bits per heavy atom. The van der Waals surface area contributed by atoms with E-state index in [1.807, 2.05) is 0 Å². The van der Waals surface area contributed by atoms with Crippen molar-refractivity contribution >= 4 is 0 Å². The van der Waals surface area contributed by atoms with Crippen molar-refractivity contribution in [2.45, 2.75) is 45.2 Å². The fourth-order valence-corrected chi connectivity index (χ4v) is 2.83. The molecule has 2 heteroatoms. The average molecular weight is 260 g/mol. The van der Waals surface area contributed by atoms with Crippen LogP contribution in [0.15, 0.2) is 30.3 Å². The first-order valence-corrected chi connectivity index (χ1v) is 7.71. The van der Waals surface area contributed by atoms with Gasteiger partial charge in [-0.05, 0) is 44.3 Å². The first-order chi connectivity index (χ1) is 9.22. The quantitative estimate of drug-likeness (QED) is 0.770. The topological polar surface area (TPSA) is 15.3 Å². The van der Waals surface area contributed by atoms with Gasteiger partial charge in [-0.1, -0.05) is 44.2 Å². The molecule has 0 aromatic heterocycles. The molecule has 1 aromatic rings. The van der Waals surface area contributed by atoms with Crippen molar-refractivity contribution in [2.75, 3.05) is 20.1 Å². The Balaban J connectivity index is 1.99. The number of rotatable bonds is 8. The van der Waals surface area contributed by atoms with E-state index in [2.05, 4.69) is 61.4 Å². The third-order valence-corrected chi connectivity index (χ3v) is 4.09. The minimum Gasteiger partial charge on any atom is -0.310 e. The fourth-order valence-electron chi connectivity index (χ4n) is 2.83. The zero-order valence-electron chi connectivity index (χ0n) is 12.6. The molecule has 1 fully saturated rings. The van der Waals surface area contributed by atoms with E-state index in [1.165, 1.54) is 31.4 Å². The molecule has 0 saturated heterocycles. The van der Waals surface area contributed by atoms with Crippen LogP contribution in [0.2, 0.25) is 0 Å². The van der Waals surface area contributed by atoms with Crippen molar-refractivity contribution in [3.05, 3.63) is 35.9 Å². The van der Waals surface area contributed by atoms with E-state index in [9.17, 15) is 0 Å². The zero-order chi connectivity index (χ0) is 13.7. The van der Waals surface area contributed by atoms with E-state index in [4.69, 9.17) is 0 Å². The molecule has 1 aliphatic carbocycles. The Hall–Kier alpha value is -0.860. The molecule has 2 rings (SSSR count). The second-order valence-electron chi connectivity index (χ2n) is 5.99. The minimum atomic E-state index is 0.474. The number of hydrogen-bond acceptors (Lipinski definition) is 2. The van der Waals surface area contributed by atoms with E-state index in [0.717, 1.165) is 12.6 Å². The molecule has 0 spiro atoms. The maximum atomic E-state index is 3.72. The molecule has 2 nitrogen and oxygen atoms in total. The molecule has 2 atom stereocenters. The Kier molecular flexibility index (Phi) is 5.41. The van der Waals surface area contributed by atoms with Gasteiger partial charge in [0.2, 0.25) is 0 Å². The molecule has 2 unspecified atom stereocenters. The van der Waals surface area contributed by atoms with Crippen LogP contribution >= 0.6 is 0 Å². The first kappa shape index (κ1) is 14.5. The van der Waals surface area contributed by atoms with E-state index >= 15 is 0 Å². The Labute approximate surface area is 118 Å². The highest BCUT2D eigenvalue weighted by Gasteiger charge is 2.29. The smallest absolute Gasteiger partial charge is 0.0358 e. The summed E-state index contributed by atoms with van der Waals surface area (Å²) in [5.74, 6) is 0.638. The molecule has 1 N–H and O–H groups in total. The molecule has 1 aromatic carbocycles. The van der Waals surface area contributed by atoms with Crippen LogP contribution in [0, 0.1) is 5.92 Å². The van der Waals surface area contributed by atoms with Crippen LogP contribution < -0.4 is 5.32 Å². The Morgan fingerprint density at radius 2 is 1.95 bits per heavy atom. The largest absolute Gasteiger partial charge is 0.310 e. The molecular formula is C17H28N2. The summed E-state index contributed by atoms with van der Waals surface area (Å²) in [4.78, 5) is 2.54. The SMILES string of the molecule is CCCNC(c1ccccc1)C(C)CN(C)C1CC1. The molecule has 0 bridgehead atoms. The van der Waals surface area contributed by atoms with Crippen LogP contribution in [0.25, 0.3) is 0 Å². The van der Waals surface area contributed by atoms with Crippen LogP contribution in [0.3, 0.4) is 0 Å². The third-order valence-electron chi connectivity index (χ3n) is 4.09. The molecule has 0 heterocycles. The summed E-state index contributed by atoms with van der Waals surface area (Å²) in [6.07, 6.45) is 3.97. The van der Waals surface area contributed by atoms with E-state index in [1.54, 1.807) is 0 Å². The zero-order valence-corrected chi connectivity index (χ0v) is 12.6. The van der Waals surface area contributed by atoms with E-state index in [0.29, 0.717) is 12.0 Å². The number of hydrogen-bond donors (Lipinski definition) is 1. The summed E-state index contributed by atoms with van der Waals surface area (Å²) in [7, 11) is 2.27. The van der Waals surface area contributed by atoms with Gasteiger partial charge in [0.15, 0.2) is 0 Å². The lowest BCUT2D eigenvalue weighted by Crippen LogP contribution is -2.35. The van der Waals surface area contributed by atoms with Gasteiger partial charge in [-0.3, -0.25) is 0 Å². The highest BCUT2D eigenvalue weighted by molar-refractivity contribution is 5.19. The second kappa shape index (κ2) is 7.06. The molecule has 0 amide bonds. The summed E-state index contributed by atoms with van der Waals surface area (Å²) >= 11 is 0. The van der Waals surface area contributed by atoms with Crippen LogP contribution in [0.5, 0.6) is 0 Å². The van der Waals surface area contributed by atoms with Crippen LogP contribution in [0.4, 0.5) is 0 Å². The second-order valence-corrected chi connectivity index (χ2v) is 5.99. The molecular weight excluding hydrogens is 232 g/mol. The van der Waals surface area contributed by atoms with Gasteiger partial charge in [0.25, 0.3) is 0 Å². The summed E-state index contributed by atoms with van der Waals surface area (Å²) in [5.41, 5.74) is 1.42. The summed E-state index contributed by atoms with van der Waals surface area (Å²) in [5, 5.41) is 3.72. The fraction of sp³-hybridized carbons (Fsp3) is 0.647. The van der Waals surface area contributed by atoms with Crippen molar-refractivity contribution in [1.29, 1.82) is 0 Å². The van der Waals surface area contributed by atoms with Gasteiger partial charge < -0.3 is 10.2 Å². The molecule has 0 aliphatic heterocycles. The van der Waals surface area contributed by atoms with Crippen molar-refractivity contribution in [3.8, 4) is 0 Å². The van der Waals surface area contributed by atoms with Crippen molar-refractivity contribution < 1.29 is 0 Å². The van der Waals surface area contributed by atoms with Gasteiger partial charge in [0.1, 0.15) is 0 Å².